The van der Waals surface area contributed by atoms with E-state index in [4.69, 9.17) is 9.47 Å². The van der Waals surface area contributed by atoms with Crippen molar-refractivity contribution >= 4 is 33.7 Å². The number of benzene rings is 2. The van der Waals surface area contributed by atoms with Crippen LogP contribution in [-0.2, 0) is 11.3 Å². The lowest BCUT2D eigenvalue weighted by Gasteiger charge is -2.09. The van der Waals surface area contributed by atoms with Gasteiger partial charge in [-0.3, -0.25) is 4.79 Å². The summed E-state index contributed by atoms with van der Waals surface area (Å²) in [5, 5.41) is 7.14. The van der Waals surface area contributed by atoms with Gasteiger partial charge in [0.05, 0.1) is 27.0 Å². The molecule has 144 valence electrons. The Bertz CT molecular complexity index is 981. The number of methoxy groups -OCH3 is 2. The molecule has 0 aliphatic rings. The quantitative estimate of drug-likeness (QED) is 0.553. The minimum absolute atomic E-state index is 0.262. The molecule has 3 aromatic rings. The Morgan fingerprint density at radius 3 is 2.64 bits per heavy atom. The molecule has 28 heavy (non-hydrogen) atoms. The van der Waals surface area contributed by atoms with Crippen molar-refractivity contribution in [3.63, 3.8) is 0 Å². The van der Waals surface area contributed by atoms with E-state index in [1.807, 2.05) is 24.3 Å². The van der Waals surface area contributed by atoms with E-state index in [2.05, 4.69) is 26.3 Å². The van der Waals surface area contributed by atoms with Gasteiger partial charge in [0.15, 0.2) is 0 Å². The van der Waals surface area contributed by atoms with Crippen LogP contribution in [0.5, 0.6) is 11.5 Å². The zero-order valence-corrected chi connectivity index (χ0v) is 17.1. The van der Waals surface area contributed by atoms with Crippen LogP contribution in [0.15, 0.2) is 65.3 Å². The maximum Gasteiger partial charge on any atom is 0.249 e. The second kappa shape index (κ2) is 9.23. The van der Waals surface area contributed by atoms with Gasteiger partial charge in [0.2, 0.25) is 5.91 Å². The second-order valence-corrected chi connectivity index (χ2v) is 6.85. The van der Waals surface area contributed by atoms with Crippen molar-refractivity contribution in [1.29, 1.82) is 0 Å². The summed E-state index contributed by atoms with van der Waals surface area (Å²) in [5.74, 6) is 1.70. The zero-order chi connectivity index (χ0) is 19.9. The smallest absolute Gasteiger partial charge is 0.249 e. The van der Waals surface area contributed by atoms with Crippen molar-refractivity contribution in [3.8, 4) is 11.5 Å². The maximum atomic E-state index is 12.4. The summed E-state index contributed by atoms with van der Waals surface area (Å²) in [6.45, 7) is 0.559. The number of halogens is 1. The highest BCUT2D eigenvalue weighted by Gasteiger charge is 2.07. The van der Waals surface area contributed by atoms with Gasteiger partial charge >= 0.3 is 0 Å². The number of nitrogens with zero attached hydrogens (tertiary/aromatic N) is 2. The molecular weight excluding hydrogens is 422 g/mol. The van der Waals surface area contributed by atoms with Gasteiger partial charge in [-0.05, 0) is 42.0 Å². The van der Waals surface area contributed by atoms with E-state index in [-0.39, 0.29) is 5.91 Å². The van der Waals surface area contributed by atoms with Gasteiger partial charge in [-0.1, -0.05) is 28.1 Å². The van der Waals surface area contributed by atoms with Crippen LogP contribution in [0.4, 0.5) is 5.82 Å². The molecule has 1 amide bonds. The molecule has 0 unspecified atom stereocenters. The summed E-state index contributed by atoms with van der Waals surface area (Å²) in [6, 6.07) is 15.1. The number of amides is 1. The molecule has 1 aromatic heterocycles. The van der Waals surface area contributed by atoms with Crippen LogP contribution < -0.4 is 14.8 Å². The van der Waals surface area contributed by atoms with Crippen LogP contribution >= 0.6 is 15.9 Å². The lowest BCUT2D eigenvalue weighted by molar-refractivity contribution is -0.111. The normalized spacial score (nSPS) is 10.8. The van der Waals surface area contributed by atoms with E-state index in [1.165, 1.54) is 6.08 Å². The van der Waals surface area contributed by atoms with Crippen LogP contribution in [0.3, 0.4) is 0 Å². The first-order valence-electron chi connectivity index (χ1n) is 8.56. The largest absolute Gasteiger partial charge is 0.497 e. The predicted molar refractivity (Wildman–Crippen MR) is 113 cm³/mol. The monoisotopic (exact) mass is 441 g/mol. The fraction of sp³-hybridized carbons (Fsp3) is 0.143. The molecule has 0 saturated heterocycles. The highest BCUT2D eigenvalue weighted by Crippen LogP contribution is 2.25. The molecule has 0 aliphatic carbocycles. The maximum absolute atomic E-state index is 12.4. The third-order valence-corrected chi connectivity index (χ3v) is 4.59. The number of anilines is 1. The number of carbonyl (C=O) groups is 1. The number of hydrogen-bond acceptors (Lipinski definition) is 4. The second-order valence-electron chi connectivity index (χ2n) is 5.93. The van der Waals surface area contributed by atoms with Crippen LogP contribution in [0, 0.1) is 0 Å². The Hall–Kier alpha value is -3.06. The van der Waals surface area contributed by atoms with Crippen molar-refractivity contribution in [2.45, 2.75) is 6.54 Å². The van der Waals surface area contributed by atoms with Crippen LogP contribution in [-0.4, -0.2) is 29.9 Å². The first kappa shape index (κ1) is 19.7. The number of carbonyl (C=O) groups excluding carboxylic acids is 1. The van der Waals surface area contributed by atoms with Crippen molar-refractivity contribution in [2.24, 2.45) is 0 Å². The summed E-state index contributed by atoms with van der Waals surface area (Å²) in [7, 11) is 3.18. The molecule has 0 aliphatic heterocycles. The van der Waals surface area contributed by atoms with Gasteiger partial charge in [0.25, 0.3) is 0 Å². The highest BCUT2D eigenvalue weighted by atomic mass is 79.9. The Labute approximate surface area is 171 Å². The van der Waals surface area contributed by atoms with E-state index in [9.17, 15) is 4.79 Å². The summed E-state index contributed by atoms with van der Waals surface area (Å²) < 4.78 is 13.3. The lowest BCUT2D eigenvalue weighted by atomic mass is 10.1. The molecule has 0 radical (unpaired) electrons. The molecule has 0 saturated carbocycles. The molecule has 2 aromatic carbocycles. The van der Waals surface area contributed by atoms with Crippen molar-refractivity contribution in [3.05, 3.63) is 76.4 Å². The molecule has 6 nitrogen and oxygen atoms in total. The van der Waals surface area contributed by atoms with Crippen molar-refractivity contribution in [1.82, 2.24) is 9.78 Å². The lowest BCUT2D eigenvalue weighted by Crippen LogP contribution is -2.13. The first-order valence-corrected chi connectivity index (χ1v) is 9.35. The SMILES string of the molecule is COc1ccc(OC)c(/C=C/C(=O)Nc2ccnn2Cc2ccc(Br)cc2)c1. The molecule has 0 spiro atoms. The van der Waals surface area contributed by atoms with E-state index in [0.717, 1.165) is 15.6 Å². The molecule has 0 fully saturated rings. The average Bonchev–Trinajstić information content (AvgIpc) is 3.14. The minimum atomic E-state index is -0.262. The molecule has 0 atom stereocenters. The molecule has 3 rings (SSSR count). The van der Waals surface area contributed by atoms with Crippen molar-refractivity contribution < 1.29 is 14.3 Å². The van der Waals surface area contributed by atoms with Gasteiger partial charge < -0.3 is 14.8 Å². The Kier molecular flexibility index (Phi) is 6.49. The molecule has 1 N–H and O–H groups in total. The topological polar surface area (TPSA) is 65.4 Å². The van der Waals surface area contributed by atoms with Gasteiger partial charge in [0, 0.05) is 22.2 Å². The van der Waals surface area contributed by atoms with Gasteiger partial charge in [-0.25, -0.2) is 4.68 Å². The predicted octanol–water partition coefficient (Wildman–Crippen LogP) is 4.36. The molecule has 7 heteroatoms. The number of hydrogen-bond donors (Lipinski definition) is 1. The molecule has 1 heterocycles. The third kappa shape index (κ3) is 5.01. The van der Waals surface area contributed by atoms with Crippen LogP contribution in [0.25, 0.3) is 6.08 Å². The van der Waals surface area contributed by atoms with Gasteiger partial charge in [0.1, 0.15) is 17.3 Å². The summed E-state index contributed by atoms with van der Waals surface area (Å²) >= 11 is 3.42. The van der Waals surface area contributed by atoms with Crippen molar-refractivity contribution in [2.75, 3.05) is 19.5 Å². The zero-order valence-electron chi connectivity index (χ0n) is 15.6. The van der Waals surface area contributed by atoms with Crippen LogP contribution in [0.1, 0.15) is 11.1 Å². The van der Waals surface area contributed by atoms with E-state index in [1.54, 1.807) is 55.4 Å². The molecular formula is C21H20BrN3O3. The summed E-state index contributed by atoms with van der Waals surface area (Å²) in [5.41, 5.74) is 1.83. The molecule has 0 bridgehead atoms. The number of ether oxygens (including phenoxy) is 2. The number of rotatable bonds is 7. The number of aromatic nitrogens is 2. The fourth-order valence-corrected chi connectivity index (χ4v) is 2.89. The van der Waals surface area contributed by atoms with Gasteiger partial charge in [-0.15, -0.1) is 0 Å². The van der Waals surface area contributed by atoms with Gasteiger partial charge in [-0.2, -0.15) is 5.10 Å². The standard InChI is InChI=1S/C21H20BrN3O3/c1-27-18-8-9-19(28-2)16(13-18)5-10-21(26)24-20-11-12-23-25(20)14-15-3-6-17(22)7-4-15/h3-13H,14H2,1-2H3,(H,24,26)/b10-5+. The van der Waals surface area contributed by atoms with E-state index >= 15 is 0 Å². The highest BCUT2D eigenvalue weighted by molar-refractivity contribution is 9.10. The Morgan fingerprint density at radius 1 is 1.14 bits per heavy atom. The Morgan fingerprint density at radius 2 is 1.93 bits per heavy atom. The van der Waals surface area contributed by atoms with Crippen LogP contribution in [0.2, 0.25) is 0 Å². The summed E-state index contributed by atoms with van der Waals surface area (Å²) in [6.07, 6.45) is 4.80. The summed E-state index contributed by atoms with van der Waals surface area (Å²) in [4.78, 5) is 12.4. The Balaban J connectivity index is 1.70. The fourth-order valence-electron chi connectivity index (χ4n) is 2.63. The number of nitrogens with one attached hydrogen (secondary N) is 1. The third-order valence-electron chi connectivity index (χ3n) is 4.06. The van der Waals surface area contributed by atoms with E-state index in [0.29, 0.717) is 23.9 Å². The van der Waals surface area contributed by atoms with E-state index < -0.39 is 0 Å². The minimum Gasteiger partial charge on any atom is -0.497 e. The average molecular weight is 442 g/mol. The first-order chi connectivity index (χ1) is 13.6.